The summed E-state index contributed by atoms with van der Waals surface area (Å²) in [4.78, 5) is 21.4. The van der Waals surface area contributed by atoms with Crippen LogP contribution in [0.25, 0.3) is 10.9 Å². The van der Waals surface area contributed by atoms with Gasteiger partial charge in [0, 0.05) is 50.3 Å². The molecule has 2 amide bonds. The first-order valence-electron chi connectivity index (χ1n) is 9.05. The van der Waals surface area contributed by atoms with Crippen LogP contribution in [0.2, 0.25) is 5.02 Å². The molecule has 1 fully saturated rings. The number of likely N-dealkylation sites (N-methyl/N-ethyl adjacent to an activating group) is 1. The van der Waals surface area contributed by atoms with Crippen LogP contribution in [-0.2, 0) is 0 Å². The number of carbonyl (C=O) groups excluding carboxylic acids is 1. The third-order valence-corrected chi connectivity index (χ3v) is 5.28. The second kappa shape index (κ2) is 8.66. The molecule has 7 heteroatoms. The molecule has 26 heavy (non-hydrogen) atoms. The maximum atomic E-state index is 12.2. The number of benzene rings is 1. The second-order valence-corrected chi connectivity index (χ2v) is 7.26. The lowest BCUT2D eigenvalue weighted by molar-refractivity contribution is 0.115. The van der Waals surface area contributed by atoms with Crippen molar-refractivity contribution in [2.75, 3.05) is 45.1 Å². The molecule has 1 aliphatic rings. The standard InChI is InChI=1S/C19H26ClN5O/c1-14(25-12-10-24(2)11-13-25)7-9-22-19(26)23-17-6-5-16(20)18-15(17)4-3-8-21-18/h3-6,8,14H,7,9-13H2,1-2H3,(H2,22,23,26)/t14-/m1/s1. The number of piperazine rings is 1. The van der Waals surface area contributed by atoms with Crippen molar-refractivity contribution >= 4 is 34.2 Å². The van der Waals surface area contributed by atoms with Crippen LogP contribution in [0.3, 0.4) is 0 Å². The van der Waals surface area contributed by atoms with E-state index in [0.29, 0.717) is 28.8 Å². The molecule has 1 aliphatic heterocycles. The van der Waals surface area contributed by atoms with Gasteiger partial charge in [-0.3, -0.25) is 9.88 Å². The van der Waals surface area contributed by atoms with E-state index < -0.39 is 0 Å². The number of fused-ring (bicyclic) bond motifs is 1. The van der Waals surface area contributed by atoms with Gasteiger partial charge in [-0.25, -0.2) is 4.79 Å². The van der Waals surface area contributed by atoms with Gasteiger partial charge in [0.1, 0.15) is 0 Å². The highest BCUT2D eigenvalue weighted by molar-refractivity contribution is 6.35. The van der Waals surface area contributed by atoms with E-state index in [-0.39, 0.29) is 6.03 Å². The van der Waals surface area contributed by atoms with Crippen LogP contribution in [0.4, 0.5) is 10.5 Å². The van der Waals surface area contributed by atoms with Crippen molar-refractivity contribution in [3.8, 4) is 0 Å². The fraction of sp³-hybridized carbons (Fsp3) is 0.474. The zero-order valence-electron chi connectivity index (χ0n) is 15.3. The summed E-state index contributed by atoms with van der Waals surface area (Å²) in [6.45, 7) is 7.26. The Hall–Kier alpha value is -1.89. The first kappa shape index (κ1) is 18.9. The zero-order chi connectivity index (χ0) is 18.5. The quantitative estimate of drug-likeness (QED) is 0.843. The summed E-state index contributed by atoms with van der Waals surface area (Å²) >= 11 is 6.17. The minimum absolute atomic E-state index is 0.206. The summed E-state index contributed by atoms with van der Waals surface area (Å²) in [6, 6.07) is 7.55. The fourth-order valence-corrected chi connectivity index (χ4v) is 3.47. The molecule has 6 nitrogen and oxygen atoms in total. The molecule has 0 aliphatic carbocycles. The number of amides is 2. The molecule has 1 aromatic heterocycles. The van der Waals surface area contributed by atoms with Gasteiger partial charge in [-0.15, -0.1) is 0 Å². The summed E-state index contributed by atoms with van der Waals surface area (Å²) in [5.41, 5.74) is 1.40. The van der Waals surface area contributed by atoms with Crippen molar-refractivity contribution in [3.63, 3.8) is 0 Å². The van der Waals surface area contributed by atoms with E-state index in [9.17, 15) is 4.79 Å². The smallest absolute Gasteiger partial charge is 0.319 e. The van der Waals surface area contributed by atoms with Gasteiger partial charge in [-0.2, -0.15) is 0 Å². The number of nitrogens with one attached hydrogen (secondary N) is 2. The molecule has 1 aromatic carbocycles. The number of carbonyl (C=O) groups is 1. The molecule has 0 bridgehead atoms. The molecule has 0 saturated carbocycles. The van der Waals surface area contributed by atoms with Gasteiger partial charge in [0.05, 0.1) is 16.2 Å². The molecule has 2 N–H and O–H groups in total. The Bertz CT molecular complexity index is 761. The summed E-state index contributed by atoms with van der Waals surface area (Å²) in [6.07, 6.45) is 2.62. The number of rotatable bonds is 5. The van der Waals surface area contributed by atoms with Crippen molar-refractivity contribution in [2.45, 2.75) is 19.4 Å². The van der Waals surface area contributed by atoms with E-state index in [1.807, 2.05) is 12.1 Å². The topological polar surface area (TPSA) is 60.5 Å². The summed E-state index contributed by atoms with van der Waals surface area (Å²) < 4.78 is 0. The third kappa shape index (κ3) is 4.63. The van der Waals surface area contributed by atoms with Gasteiger partial charge in [-0.05, 0) is 44.7 Å². The van der Waals surface area contributed by atoms with Crippen molar-refractivity contribution in [1.29, 1.82) is 0 Å². The molecular weight excluding hydrogens is 350 g/mol. The minimum atomic E-state index is -0.206. The Morgan fingerprint density at radius 3 is 2.81 bits per heavy atom. The van der Waals surface area contributed by atoms with Gasteiger partial charge in [-0.1, -0.05) is 11.6 Å². The van der Waals surface area contributed by atoms with Crippen LogP contribution < -0.4 is 10.6 Å². The first-order valence-corrected chi connectivity index (χ1v) is 9.43. The third-order valence-electron chi connectivity index (χ3n) is 4.98. The van der Waals surface area contributed by atoms with Crippen molar-refractivity contribution < 1.29 is 4.79 Å². The molecule has 3 rings (SSSR count). The van der Waals surface area contributed by atoms with Crippen LogP contribution >= 0.6 is 11.6 Å². The first-order chi connectivity index (χ1) is 12.5. The van der Waals surface area contributed by atoms with Gasteiger partial charge >= 0.3 is 6.03 Å². The molecule has 2 heterocycles. The minimum Gasteiger partial charge on any atom is -0.338 e. The number of halogens is 1. The number of hydrogen-bond acceptors (Lipinski definition) is 4. The normalized spacial score (nSPS) is 17.2. The molecule has 1 atom stereocenters. The van der Waals surface area contributed by atoms with Gasteiger partial charge < -0.3 is 15.5 Å². The van der Waals surface area contributed by atoms with E-state index in [1.54, 1.807) is 18.3 Å². The number of aromatic nitrogens is 1. The average molecular weight is 376 g/mol. The Labute approximate surface area is 159 Å². The lowest BCUT2D eigenvalue weighted by atomic mass is 10.1. The number of anilines is 1. The van der Waals surface area contributed by atoms with E-state index in [2.05, 4.69) is 39.4 Å². The van der Waals surface area contributed by atoms with E-state index >= 15 is 0 Å². The Balaban J connectivity index is 1.50. The number of urea groups is 1. The highest BCUT2D eigenvalue weighted by Crippen LogP contribution is 2.27. The Morgan fingerprint density at radius 1 is 1.27 bits per heavy atom. The highest BCUT2D eigenvalue weighted by Gasteiger charge is 2.18. The Kier molecular flexibility index (Phi) is 6.29. The average Bonchev–Trinajstić information content (AvgIpc) is 2.65. The van der Waals surface area contributed by atoms with Crippen LogP contribution in [-0.4, -0.2) is 66.6 Å². The summed E-state index contributed by atoms with van der Waals surface area (Å²) in [5, 5.41) is 7.26. The number of hydrogen-bond donors (Lipinski definition) is 2. The number of nitrogens with zero attached hydrogens (tertiary/aromatic N) is 3. The highest BCUT2D eigenvalue weighted by atomic mass is 35.5. The summed E-state index contributed by atoms with van der Waals surface area (Å²) in [5.74, 6) is 0. The molecule has 0 radical (unpaired) electrons. The van der Waals surface area contributed by atoms with E-state index in [1.165, 1.54) is 0 Å². The van der Waals surface area contributed by atoms with Crippen molar-refractivity contribution in [1.82, 2.24) is 20.1 Å². The van der Waals surface area contributed by atoms with Crippen LogP contribution in [0, 0.1) is 0 Å². The monoisotopic (exact) mass is 375 g/mol. The maximum absolute atomic E-state index is 12.2. The van der Waals surface area contributed by atoms with E-state index in [4.69, 9.17) is 11.6 Å². The van der Waals surface area contributed by atoms with E-state index in [0.717, 1.165) is 38.0 Å². The van der Waals surface area contributed by atoms with Gasteiger partial charge in [0.15, 0.2) is 0 Å². The van der Waals surface area contributed by atoms with Crippen molar-refractivity contribution in [3.05, 3.63) is 35.5 Å². The van der Waals surface area contributed by atoms with Crippen LogP contribution in [0.15, 0.2) is 30.5 Å². The SMILES string of the molecule is C[C@H](CCNC(=O)Nc1ccc(Cl)c2ncccc12)N1CCN(C)CC1. The largest absolute Gasteiger partial charge is 0.338 e. The molecule has 0 spiro atoms. The predicted molar refractivity (Wildman–Crippen MR) is 107 cm³/mol. The molecular formula is C19H26ClN5O. The lowest BCUT2D eigenvalue weighted by Crippen LogP contribution is -2.48. The van der Waals surface area contributed by atoms with Gasteiger partial charge in [0.2, 0.25) is 0 Å². The van der Waals surface area contributed by atoms with Gasteiger partial charge in [0.25, 0.3) is 0 Å². The lowest BCUT2D eigenvalue weighted by Gasteiger charge is -2.36. The fourth-order valence-electron chi connectivity index (χ4n) is 3.25. The van der Waals surface area contributed by atoms with Crippen LogP contribution in [0.1, 0.15) is 13.3 Å². The number of pyridine rings is 1. The Morgan fingerprint density at radius 2 is 2.04 bits per heavy atom. The maximum Gasteiger partial charge on any atom is 0.319 e. The molecule has 140 valence electrons. The summed E-state index contributed by atoms with van der Waals surface area (Å²) in [7, 11) is 2.16. The molecule has 0 unspecified atom stereocenters. The predicted octanol–water partition coefficient (Wildman–Crippen LogP) is 3.04. The second-order valence-electron chi connectivity index (χ2n) is 6.85. The van der Waals surface area contributed by atoms with Crippen molar-refractivity contribution in [2.24, 2.45) is 0 Å². The molecule has 1 saturated heterocycles. The molecule has 2 aromatic rings. The van der Waals surface area contributed by atoms with Crippen LogP contribution in [0.5, 0.6) is 0 Å². The zero-order valence-corrected chi connectivity index (χ0v) is 16.1.